The number of rotatable bonds is 5. The lowest BCUT2D eigenvalue weighted by Crippen LogP contribution is -2.28. The average molecular weight is 383 g/mol. The first-order valence-electron chi connectivity index (χ1n) is 6.69. The van der Waals surface area contributed by atoms with Crippen LogP contribution in [0.3, 0.4) is 0 Å². The van der Waals surface area contributed by atoms with E-state index in [-0.39, 0.29) is 40.8 Å². The van der Waals surface area contributed by atoms with Gasteiger partial charge in [-0.25, -0.2) is 0 Å². The van der Waals surface area contributed by atoms with E-state index in [1.54, 1.807) is 0 Å². The number of aromatic amines is 2. The SMILES string of the molecule is C[C@H](NC(=O)CCc1n[nH]c(=S)[nH]c1=O)c1ccccc1Br. The van der Waals surface area contributed by atoms with Gasteiger partial charge in [-0.1, -0.05) is 34.1 Å². The van der Waals surface area contributed by atoms with E-state index in [4.69, 9.17) is 12.2 Å². The van der Waals surface area contributed by atoms with E-state index in [0.717, 1.165) is 10.0 Å². The summed E-state index contributed by atoms with van der Waals surface area (Å²) in [6.07, 6.45) is 0.422. The molecule has 1 aromatic carbocycles. The number of H-pyrrole nitrogens is 2. The number of amides is 1. The fraction of sp³-hybridized carbons (Fsp3) is 0.286. The van der Waals surface area contributed by atoms with E-state index in [1.807, 2.05) is 31.2 Å². The topological polar surface area (TPSA) is 90.6 Å². The summed E-state index contributed by atoms with van der Waals surface area (Å²) < 4.78 is 1.11. The van der Waals surface area contributed by atoms with E-state index >= 15 is 0 Å². The Morgan fingerprint density at radius 3 is 2.86 bits per heavy atom. The fourth-order valence-electron chi connectivity index (χ4n) is 1.99. The molecule has 0 bridgehead atoms. The molecule has 1 amide bonds. The number of benzene rings is 1. The molecule has 0 aliphatic carbocycles. The molecule has 8 heteroatoms. The van der Waals surface area contributed by atoms with Crippen molar-refractivity contribution in [3.63, 3.8) is 0 Å². The van der Waals surface area contributed by atoms with Gasteiger partial charge in [0.05, 0.1) is 6.04 Å². The van der Waals surface area contributed by atoms with Gasteiger partial charge >= 0.3 is 0 Å². The molecule has 1 aromatic heterocycles. The Morgan fingerprint density at radius 1 is 1.45 bits per heavy atom. The molecule has 2 aromatic rings. The number of nitrogens with zero attached hydrogens (tertiary/aromatic N) is 1. The van der Waals surface area contributed by atoms with Crippen molar-refractivity contribution in [3.05, 3.63) is 55.1 Å². The van der Waals surface area contributed by atoms with Crippen LogP contribution in [0.25, 0.3) is 0 Å². The normalized spacial score (nSPS) is 11.9. The Labute approximate surface area is 140 Å². The number of aromatic nitrogens is 3. The van der Waals surface area contributed by atoms with Crippen molar-refractivity contribution in [1.82, 2.24) is 20.5 Å². The van der Waals surface area contributed by atoms with Crippen LogP contribution in [0.4, 0.5) is 0 Å². The van der Waals surface area contributed by atoms with Crippen molar-refractivity contribution in [3.8, 4) is 0 Å². The zero-order valence-electron chi connectivity index (χ0n) is 11.9. The first-order chi connectivity index (χ1) is 10.5. The monoisotopic (exact) mass is 382 g/mol. The molecule has 0 radical (unpaired) electrons. The van der Waals surface area contributed by atoms with Crippen LogP contribution < -0.4 is 10.9 Å². The Hall–Kier alpha value is -1.80. The van der Waals surface area contributed by atoms with Crippen LogP contribution in [0.15, 0.2) is 33.5 Å². The Bertz CT molecular complexity index is 787. The number of hydrogen-bond acceptors (Lipinski definition) is 4. The van der Waals surface area contributed by atoms with Gasteiger partial charge in [0.15, 0.2) is 4.77 Å². The van der Waals surface area contributed by atoms with Gasteiger partial charge in [0.2, 0.25) is 5.91 Å². The fourth-order valence-corrected chi connectivity index (χ4v) is 2.76. The van der Waals surface area contributed by atoms with E-state index in [9.17, 15) is 9.59 Å². The van der Waals surface area contributed by atoms with Crippen LogP contribution in [0.5, 0.6) is 0 Å². The van der Waals surface area contributed by atoms with E-state index in [1.165, 1.54) is 0 Å². The van der Waals surface area contributed by atoms with Crippen LogP contribution >= 0.6 is 28.1 Å². The lowest BCUT2D eigenvalue weighted by molar-refractivity contribution is -0.121. The predicted octanol–water partition coefficient (Wildman–Crippen LogP) is 2.40. The van der Waals surface area contributed by atoms with Crippen molar-refractivity contribution in [1.29, 1.82) is 0 Å². The smallest absolute Gasteiger partial charge is 0.273 e. The highest BCUT2D eigenvalue weighted by Crippen LogP contribution is 2.22. The molecule has 0 spiro atoms. The van der Waals surface area contributed by atoms with Crippen LogP contribution in [0.2, 0.25) is 0 Å². The number of carbonyl (C=O) groups is 1. The van der Waals surface area contributed by atoms with Crippen molar-refractivity contribution >= 4 is 34.1 Å². The minimum Gasteiger partial charge on any atom is -0.350 e. The summed E-state index contributed by atoms with van der Waals surface area (Å²) in [6.45, 7) is 1.91. The zero-order valence-corrected chi connectivity index (χ0v) is 14.3. The van der Waals surface area contributed by atoms with Gasteiger partial charge in [-0.2, -0.15) is 5.10 Å². The molecule has 22 heavy (non-hydrogen) atoms. The number of carbonyl (C=O) groups excluding carboxylic acids is 1. The van der Waals surface area contributed by atoms with Crippen molar-refractivity contribution in [2.45, 2.75) is 25.8 Å². The first-order valence-corrected chi connectivity index (χ1v) is 7.89. The number of halogens is 1. The quantitative estimate of drug-likeness (QED) is 0.692. The largest absolute Gasteiger partial charge is 0.350 e. The summed E-state index contributed by atoms with van der Waals surface area (Å²) >= 11 is 8.22. The summed E-state index contributed by atoms with van der Waals surface area (Å²) in [4.78, 5) is 26.0. The number of hydrogen-bond donors (Lipinski definition) is 3. The zero-order chi connectivity index (χ0) is 16.1. The standard InChI is InChI=1S/C14H15BrN4O2S/c1-8(9-4-2-3-5-10(9)15)16-12(20)7-6-11-13(21)17-14(22)19-18-11/h2-5,8H,6-7H2,1H3,(H,16,20)(H2,17,19,21,22)/t8-/m0/s1. The molecule has 1 heterocycles. The molecule has 0 saturated heterocycles. The van der Waals surface area contributed by atoms with E-state index in [0.29, 0.717) is 0 Å². The van der Waals surface area contributed by atoms with Gasteiger partial charge in [-0.05, 0) is 30.8 Å². The molecule has 0 aliphatic rings. The Kier molecular flexibility index (Phi) is 5.62. The van der Waals surface area contributed by atoms with Gasteiger partial charge < -0.3 is 5.32 Å². The second-order valence-electron chi connectivity index (χ2n) is 4.76. The maximum absolute atomic E-state index is 12.0. The molecule has 116 valence electrons. The van der Waals surface area contributed by atoms with Gasteiger partial charge in [0.1, 0.15) is 5.69 Å². The highest BCUT2D eigenvalue weighted by atomic mass is 79.9. The van der Waals surface area contributed by atoms with Gasteiger partial charge in [0, 0.05) is 17.3 Å². The van der Waals surface area contributed by atoms with Crippen LogP contribution in [0.1, 0.15) is 30.6 Å². The lowest BCUT2D eigenvalue weighted by atomic mass is 10.1. The molecule has 2 rings (SSSR count). The van der Waals surface area contributed by atoms with E-state index in [2.05, 4.69) is 36.4 Å². The predicted molar refractivity (Wildman–Crippen MR) is 89.1 cm³/mol. The summed E-state index contributed by atoms with van der Waals surface area (Å²) in [7, 11) is 0. The highest BCUT2D eigenvalue weighted by molar-refractivity contribution is 9.10. The second-order valence-corrected chi connectivity index (χ2v) is 6.03. The summed E-state index contributed by atoms with van der Waals surface area (Å²) in [5.41, 5.74) is 0.892. The third-order valence-electron chi connectivity index (χ3n) is 3.12. The van der Waals surface area contributed by atoms with Gasteiger partial charge in [-0.15, -0.1) is 0 Å². The molecule has 0 fully saturated rings. The van der Waals surface area contributed by atoms with Crippen LogP contribution in [0, 0.1) is 4.77 Å². The minimum atomic E-state index is -0.365. The Balaban J connectivity index is 1.94. The van der Waals surface area contributed by atoms with Crippen LogP contribution in [-0.4, -0.2) is 21.1 Å². The van der Waals surface area contributed by atoms with E-state index < -0.39 is 0 Å². The molecule has 0 saturated carbocycles. The third kappa shape index (κ3) is 4.35. The lowest BCUT2D eigenvalue weighted by Gasteiger charge is -2.15. The summed E-state index contributed by atoms with van der Waals surface area (Å²) in [6, 6.07) is 7.57. The van der Waals surface area contributed by atoms with Gasteiger partial charge in [-0.3, -0.25) is 19.7 Å². The van der Waals surface area contributed by atoms with Crippen molar-refractivity contribution in [2.24, 2.45) is 0 Å². The summed E-state index contributed by atoms with van der Waals surface area (Å²) in [5, 5.41) is 9.25. The number of aryl methyl sites for hydroxylation is 1. The third-order valence-corrected chi connectivity index (χ3v) is 4.04. The molecule has 1 atom stereocenters. The summed E-state index contributed by atoms with van der Waals surface area (Å²) in [5.74, 6) is -0.146. The van der Waals surface area contributed by atoms with Crippen LogP contribution in [-0.2, 0) is 11.2 Å². The highest BCUT2D eigenvalue weighted by Gasteiger charge is 2.13. The van der Waals surface area contributed by atoms with Gasteiger partial charge in [0.25, 0.3) is 5.56 Å². The molecule has 0 aliphatic heterocycles. The molecular formula is C14H15BrN4O2S. The van der Waals surface area contributed by atoms with Crippen molar-refractivity contribution in [2.75, 3.05) is 0 Å². The maximum atomic E-state index is 12.0. The molecule has 3 N–H and O–H groups in total. The number of nitrogens with one attached hydrogen (secondary N) is 3. The Morgan fingerprint density at radius 2 is 2.18 bits per heavy atom. The minimum absolute atomic E-state index is 0.129. The molecule has 0 unspecified atom stereocenters. The maximum Gasteiger partial charge on any atom is 0.273 e. The second kappa shape index (κ2) is 7.46. The van der Waals surface area contributed by atoms with Crippen molar-refractivity contribution < 1.29 is 4.79 Å². The molecule has 6 nitrogen and oxygen atoms in total. The molecular weight excluding hydrogens is 368 g/mol. The average Bonchev–Trinajstić information content (AvgIpc) is 2.46. The first kappa shape index (κ1) is 16.6.